The Bertz CT molecular complexity index is 295. The third-order valence-electron chi connectivity index (χ3n) is 3.95. The van der Waals surface area contributed by atoms with Crippen LogP contribution in [0.5, 0.6) is 0 Å². The van der Waals surface area contributed by atoms with Gasteiger partial charge in [0, 0.05) is 19.7 Å². The van der Waals surface area contributed by atoms with Gasteiger partial charge in [0.2, 0.25) is 0 Å². The molecule has 1 fully saturated rings. The summed E-state index contributed by atoms with van der Waals surface area (Å²) in [6.07, 6.45) is 4.12. The van der Waals surface area contributed by atoms with E-state index in [0.29, 0.717) is 6.04 Å². The predicted molar refractivity (Wildman–Crippen MR) is 79.8 cm³/mol. The molecule has 0 heterocycles. The summed E-state index contributed by atoms with van der Waals surface area (Å²) in [6, 6.07) is 0.495. The van der Waals surface area contributed by atoms with E-state index in [4.69, 9.17) is 9.47 Å². The zero-order valence-electron chi connectivity index (χ0n) is 13.4. The Morgan fingerprint density at radius 1 is 1.35 bits per heavy atom. The maximum atomic E-state index is 12.0. The molecule has 1 N–H and O–H groups in total. The summed E-state index contributed by atoms with van der Waals surface area (Å²) in [6.45, 7) is 7.80. The standard InChI is InChI=1S/C15H30N2O3/c1-5-17(11-12-19-3)10-6-9-15(2,14(18)20-4)16-13-7-8-13/h13,16H,5-12H2,1-4H3. The van der Waals surface area contributed by atoms with Crippen LogP contribution in [-0.4, -0.2) is 62.9 Å². The number of ether oxygens (including phenoxy) is 2. The van der Waals surface area contributed by atoms with E-state index in [-0.39, 0.29) is 5.97 Å². The molecule has 1 aliphatic carbocycles. The fraction of sp³-hybridized carbons (Fsp3) is 0.933. The van der Waals surface area contributed by atoms with Crippen molar-refractivity contribution in [2.75, 3.05) is 40.5 Å². The summed E-state index contributed by atoms with van der Waals surface area (Å²) in [5.41, 5.74) is -0.545. The molecule has 0 aromatic heterocycles. The van der Waals surface area contributed by atoms with Gasteiger partial charge in [-0.05, 0) is 45.7 Å². The molecule has 1 saturated carbocycles. The van der Waals surface area contributed by atoms with E-state index in [2.05, 4.69) is 17.1 Å². The van der Waals surface area contributed by atoms with Crippen molar-refractivity contribution in [2.45, 2.75) is 51.1 Å². The van der Waals surface area contributed by atoms with Crippen molar-refractivity contribution in [1.82, 2.24) is 10.2 Å². The fourth-order valence-electron chi connectivity index (χ4n) is 2.44. The molecular weight excluding hydrogens is 256 g/mol. The van der Waals surface area contributed by atoms with E-state index in [0.717, 1.165) is 39.1 Å². The van der Waals surface area contributed by atoms with Crippen LogP contribution in [0.1, 0.15) is 39.5 Å². The molecule has 0 spiro atoms. The van der Waals surface area contributed by atoms with Gasteiger partial charge < -0.3 is 14.4 Å². The van der Waals surface area contributed by atoms with E-state index >= 15 is 0 Å². The van der Waals surface area contributed by atoms with Crippen molar-refractivity contribution in [1.29, 1.82) is 0 Å². The van der Waals surface area contributed by atoms with Gasteiger partial charge in [-0.2, -0.15) is 0 Å². The van der Waals surface area contributed by atoms with Crippen LogP contribution >= 0.6 is 0 Å². The second-order valence-electron chi connectivity index (χ2n) is 5.77. The fourth-order valence-corrected chi connectivity index (χ4v) is 2.44. The Balaban J connectivity index is 2.38. The lowest BCUT2D eigenvalue weighted by molar-refractivity contribution is -0.148. The number of hydrogen-bond acceptors (Lipinski definition) is 5. The lowest BCUT2D eigenvalue weighted by Crippen LogP contribution is -2.51. The van der Waals surface area contributed by atoms with Gasteiger partial charge in [0.15, 0.2) is 0 Å². The van der Waals surface area contributed by atoms with Crippen molar-refractivity contribution in [3.8, 4) is 0 Å². The molecular formula is C15H30N2O3. The first kappa shape index (κ1) is 17.4. The summed E-state index contributed by atoms with van der Waals surface area (Å²) in [5, 5.41) is 3.44. The van der Waals surface area contributed by atoms with Crippen molar-refractivity contribution in [3.05, 3.63) is 0 Å². The molecule has 5 nitrogen and oxygen atoms in total. The Labute approximate surface area is 123 Å². The summed E-state index contributed by atoms with van der Waals surface area (Å²) < 4.78 is 10.1. The minimum atomic E-state index is -0.545. The molecule has 0 amide bonds. The van der Waals surface area contributed by atoms with Gasteiger partial charge in [0.05, 0.1) is 13.7 Å². The van der Waals surface area contributed by atoms with Crippen LogP contribution in [0.4, 0.5) is 0 Å². The van der Waals surface area contributed by atoms with Gasteiger partial charge in [-0.15, -0.1) is 0 Å². The number of methoxy groups -OCH3 is 2. The lowest BCUT2D eigenvalue weighted by Gasteiger charge is -2.29. The van der Waals surface area contributed by atoms with Crippen molar-refractivity contribution < 1.29 is 14.3 Å². The van der Waals surface area contributed by atoms with Gasteiger partial charge in [-0.1, -0.05) is 6.92 Å². The third kappa shape index (κ3) is 5.77. The SMILES string of the molecule is CCN(CCCC(C)(NC1CC1)C(=O)OC)CCOC. The van der Waals surface area contributed by atoms with Crippen LogP contribution in [-0.2, 0) is 14.3 Å². The molecule has 1 rings (SSSR count). The summed E-state index contributed by atoms with van der Waals surface area (Å²) in [7, 11) is 3.19. The molecule has 0 aromatic carbocycles. The van der Waals surface area contributed by atoms with Crippen LogP contribution in [0.3, 0.4) is 0 Å². The zero-order valence-corrected chi connectivity index (χ0v) is 13.4. The van der Waals surface area contributed by atoms with Crippen LogP contribution in [0, 0.1) is 0 Å². The summed E-state index contributed by atoms with van der Waals surface area (Å²) >= 11 is 0. The maximum absolute atomic E-state index is 12.0. The number of nitrogens with one attached hydrogen (secondary N) is 1. The molecule has 1 atom stereocenters. The monoisotopic (exact) mass is 286 g/mol. The third-order valence-corrected chi connectivity index (χ3v) is 3.95. The Morgan fingerprint density at radius 2 is 2.05 bits per heavy atom. The lowest BCUT2D eigenvalue weighted by atomic mass is 9.95. The van der Waals surface area contributed by atoms with E-state index in [9.17, 15) is 4.79 Å². The normalized spacial score (nSPS) is 18.1. The number of carbonyl (C=O) groups is 1. The molecule has 1 aliphatic rings. The zero-order chi connectivity index (χ0) is 15.0. The molecule has 1 unspecified atom stereocenters. The van der Waals surface area contributed by atoms with Gasteiger partial charge in [-0.3, -0.25) is 10.1 Å². The minimum absolute atomic E-state index is 0.149. The predicted octanol–water partition coefficient (Wildman–Crippen LogP) is 1.42. The smallest absolute Gasteiger partial charge is 0.325 e. The first-order valence-electron chi connectivity index (χ1n) is 7.63. The highest BCUT2D eigenvalue weighted by atomic mass is 16.5. The van der Waals surface area contributed by atoms with Crippen LogP contribution in [0.25, 0.3) is 0 Å². The van der Waals surface area contributed by atoms with Crippen LogP contribution < -0.4 is 5.32 Å². The molecule has 5 heteroatoms. The number of hydrogen-bond donors (Lipinski definition) is 1. The number of esters is 1. The quantitative estimate of drug-likeness (QED) is 0.582. The van der Waals surface area contributed by atoms with E-state index in [1.807, 2.05) is 6.92 Å². The summed E-state index contributed by atoms with van der Waals surface area (Å²) in [4.78, 5) is 14.3. The Morgan fingerprint density at radius 3 is 2.55 bits per heavy atom. The van der Waals surface area contributed by atoms with Crippen LogP contribution in [0.15, 0.2) is 0 Å². The summed E-state index contributed by atoms with van der Waals surface area (Å²) in [5.74, 6) is -0.149. The molecule has 118 valence electrons. The molecule has 20 heavy (non-hydrogen) atoms. The van der Waals surface area contributed by atoms with Crippen molar-refractivity contribution in [2.24, 2.45) is 0 Å². The van der Waals surface area contributed by atoms with Gasteiger partial charge in [0.1, 0.15) is 5.54 Å². The number of likely N-dealkylation sites (N-methyl/N-ethyl adjacent to an activating group) is 1. The van der Waals surface area contributed by atoms with Crippen molar-refractivity contribution in [3.63, 3.8) is 0 Å². The number of nitrogens with zero attached hydrogens (tertiary/aromatic N) is 1. The number of rotatable bonds is 11. The van der Waals surface area contributed by atoms with Gasteiger partial charge in [0.25, 0.3) is 0 Å². The van der Waals surface area contributed by atoms with E-state index in [1.54, 1.807) is 7.11 Å². The second kappa shape index (κ2) is 8.60. The first-order chi connectivity index (χ1) is 9.55. The molecule has 0 bridgehead atoms. The topological polar surface area (TPSA) is 50.8 Å². The highest BCUT2D eigenvalue weighted by Gasteiger charge is 2.38. The minimum Gasteiger partial charge on any atom is -0.468 e. The average Bonchev–Trinajstić information content (AvgIpc) is 3.25. The maximum Gasteiger partial charge on any atom is 0.325 e. The largest absolute Gasteiger partial charge is 0.468 e. The molecule has 0 radical (unpaired) electrons. The van der Waals surface area contributed by atoms with Gasteiger partial charge in [-0.25, -0.2) is 0 Å². The van der Waals surface area contributed by atoms with Crippen molar-refractivity contribution >= 4 is 5.97 Å². The highest BCUT2D eigenvalue weighted by Crippen LogP contribution is 2.25. The van der Waals surface area contributed by atoms with E-state index < -0.39 is 5.54 Å². The highest BCUT2D eigenvalue weighted by molar-refractivity contribution is 5.80. The first-order valence-corrected chi connectivity index (χ1v) is 7.63. The van der Waals surface area contributed by atoms with Gasteiger partial charge >= 0.3 is 5.97 Å². The molecule has 0 aliphatic heterocycles. The average molecular weight is 286 g/mol. The Hall–Kier alpha value is -0.650. The molecule has 0 aromatic rings. The Kier molecular flexibility index (Phi) is 7.48. The second-order valence-corrected chi connectivity index (χ2v) is 5.77. The number of carbonyl (C=O) groups excluding carboxylic acids is 1. The van der Waals surface area contributed by atoms with Crippen LogP contribution in [0.2, 0.25) is 0 Å². The van der Waals surface area contributed by atoms with E-state index in [1.165, 1.54) is 20.0 Å². The molecule has 0 saturated heterocycles.